The van der Waals surface area contributed by atoms with Gasteiger partial charge in [-0.1, -0.05) is 51.8 Å². The number of carbonyl (C=O) groups excluding carboxylic acids is 1. The zero-order valence-corrected chi connectivity index (χ0v) is 14.7. The lowest BCUT2D eigenvalue weighted by molar-refractivity contribution is 0.0951. The van der Waals surface area contributed by atoms with E-state index < -0.39 is 0 Å². The Morgan fingerprint density at radius 1 is 1.19 bits per heavy atom. The van der Waals surface area contributed by atoms with Crippen LogP contribution in [0.1, 0.15) is 21.5 Å². The Balaban J connectivity index is 2.04. The molecule has 0 radical (unpaired) electrons. The van der Waals surface area contributed by atoms with E-state index >= 15 is 0 Å². The van der Waals surface area contributed by atoms with Gasteiger partial charge in [-0.25, -0.2) is 0 Å². The van der Waals surface area contributed by atoms with Crippen molar-refractivity contribution in [3.8, 4) is 0 Å². The highest BCUT2D eigenvalue weighted by Gasteiger charge is 2.10. The first-order valence-corrected chi connectivity index (χ1v) is 9.12. The fourth-order valence-electron chi connectivity index (χ4n) is 1.83. The number of amides is 1. The van der Waals surface area contributed by atoms with Gasteiger partial charge in [0.1, 0.15) is 0 Å². The summed E-state index contributed by atoms with van der Waals surface area (Å²) in [6.07, 6.45) is 1.97. The van der Waals surface area contributed by atoms with Crippen LogP contribution in [0.5, 0.6) is 0 Å². The van der Waals surface area contributed by atoms with Gasteiger partial charge in [0, 0.05) is 16.8 Å². The van der Waals surface area contributed by atoms with Crippen molar-refractivity contribution in [2.75, 3.05) is 6.26 Å². The second-order valence-corrected chi connectivity index (χ2v) is 6.33. The summed E-state index contributed by atoms with van der Waals surface area (Å²) in [6.45, 7) is 0.487. The van der Waals surface area contributed by atoms with E-state index in [1.807, 2.05) is 42.7 Å². The third-order valence-electron chi connectivity index (χ3n) is 3.05. The number of hydrogen-bond acceptors (Lipinski definition) is 2. The van der Waals surface area contributed by atoms with Gasteiger partial charge in [0.05, 0.1) is 10.6 Å². The van der Waals surface area contributed by atoms with Crippen LogP contribution in [0, 0.1) is 0 Å². The molecule has 5 heteroatoms. The van der Waals surface area contributed by atoms with Crippen LogP contribution in [0.3, 0.4) is 0 Å². The standard InChI is InChI=1S/C16H15BrClNOS/c1-21-13-6-7-15(18)14(8-13)16(20)19-10-12-4-2-11(9-17)3-5-12/h2-8H,9-10H2,1H3,(H,19,20). The van der Waals surface area contributed by atoms with Gasteiger partial charge in [-0.05, 0) is 35.6 Å². The van der Waals surface area contributed by atoms with Gasteiger partial charge in [-0.15, -0.1) is 11.8 Å². The molecule has 21 heavy (non-hydrogen) atoms. The van der Waals surface area contributed by atoms with Crippen LogP contribution in [0.15, 0.2) is 47.4 Å². The molecule has 110 valence electrons. The first-order valence-electron chi connectivity index (χ1n) is 6.39. The summed E-state index contributed by atoms with van der Waals surface area (Å²) < 4.78 is 0. The van der Waals surface area contributed by atoms with E-state index in [1.165, 1.54) is 5.56 Å². The molecule has 2 aromatic rings. The lowest BCUT2D eigenvalue weighted by Gasteiger charge is -2.08. The number of rotatable bonds is 5. The van der Waals surface area contributed by atoms with E-state index in [0.717, 1.165) is 15.8 Å². The Labute approximate surface area is 142 Å². The van der Waals surface area contributed by atoms with Crippen LogP contribution < -0.4 is 5.32 Å². The Morgan fingerprint density at radius 3 is 2.48 bits per heavy atom. The monoisotopic (exact) mass is 383 g/mol. The van der Waals surface area contributed by atoms with Gasteiger partial charge in [-0.3, -0.25) is 4.79 Å². The van der Waals surface area contributed by atoms with Crippen LogP contribution in [0.4, 0.5) is 0 Å². The maximum absolute atomic E-state index is 12.2. The molecule has 0 saturated carbocycles. The summed E-state index contributed by atoms with van der Waals surface area (Å²) >= 11 is 11.1. The van der Waals surface area contributed by atoms with Gasteiger partial charge in [0.25, 0.3) is 5.91 Å². The number of halogens is 2. The minimum absolute atomic E-state index is 0.152. The number of hydrogen-bond donors (Lipinski definition) is 1. The second-order valence-electron chi connectivity index (χ2n) is 4.48. The van der Waals surface area contributed by atoms with Gasteiger partial charge in [0.15, 0.2) is 0 Å². The van der Waals surface area contributed by atoms with Gasteiger partial charge < -0.3 is 5.32 Å². The van der Waals surface area contributed by atoms with E-state index in [2.05, 4.69) is 21.2 Å². The van der Waals surface area contributed by atoms with E-state index in [-0.39, 0.29) is 5.91 Å². The minimum atomic E-state index is -0.152. The third-order valence-corrected chi connectivity index (χ3v) is 4.75. The summed E-state index contributed by atoms with van der Waals surface area (Å²) in [4.78, 5) is 13.2. The summed E-state index contributed by atoms with van der Waals surface area (Å²) in [5.41, 5.74) is 2.78. The SMILES string of the molecule is CSc1ccc(Cl)c(C(=O)NCc2ccc(CBr)cc2)c1. The predicted octanol–water partition coefficient (Wildman–Crippen LogP) is 4.89. The van der Waals surface area contributed by atoms with Crippen molar-refractivity contribution in [2.45, 2.75) is 16.8 Å². The van der Waals surface area contributed by atoms with Gasteiger partial charge >= 0.3 is 0 Å². The summed E-state index contributed by atoms with van der Waals surface area (Å²) in [5, 5.41) is 4.20. The molecular formula is C16H15BrClNOS. The smallest absolute Gasteiger partial charge is 0.253 e. The average molecular weight is 385 g/mol. The highest BCUT2D eigenvalue weighted by atomic mass is 79.9. The summed E-state index contributed by atoms with van der Waals surface area (Å²) in [5.74, 6) is -0.152. The molecule has 0 aromatic heterocycles. The number of thioether (sulfide) groups is 1. The number of nitrogens with one attached hydrogen (secondary N) is 1. The molecule has 0 fully saturated rings. The quantitative estimate of drug-likeness (QED) is 0.587. The maximum atomic E-state index is 12.2. The van der Waals surface area contributed by atoms with Crippen molar-refractivity contribution in [3.63, 3.8) is 0 Å². The molecule has 0 saturated heterocycles. The highest BCUT2D eigenvalue weighted by molar-refractivity contribution is 9.08. The lowest BCUT2D eigenvalue weighted by atomic mass is 10.1. The molecule has 0 atom stereocenters. The molecular weight excluding hydrogens is 370 g/mol. The number of carbonyl (C=O) groups is 1. The molecule has 1 N–H and O–H groups in total. The molecule has 0 unspecified atom stereocenters. The van der Waals surface area contributed by atoms with Crippen LogP contribution >= 0.6 is 39.3 Å². The molecule has 0 aliphatic carbocycles. The van der Waals surface area contributed by atoms with Crippen molar-refractivity contribution in [2.24, 2.45) is 0 Å². The highest BCUT2D eigenvalue weighted by Crippen LogP contribution is 2.23. The van der Waals surface area contributed by atoms with E-state index in [9.17, 15) is 4.79 Å². The molecule has 2 aromatic carbocycles. The Morgan fingerprint density at radius 2 is 1.86 bits per heavy atom. The zero-order valence-electron chi connectivity index (χ0n) is 11.5. The normalized spacial score (nSPS) is 10.4. The zero-order chi connectivity index (χ0) is 15.2. The molecule has 2 rings (SSSR count). The van der Waals surface area contributed by atoms with E-state index in [0.29, 0.717) is 17.1 Å². The molecule has 0 bridgehead atoms. The van der Waals surface area contributed by atoms with Crippen LogP contribution in [-0.2, 0) is 11.9 Å². The Bertz CT molecular complexity index is 631. The molecule has 0 heterocycles. The molecule has 0 aliphatic rings. The lowest BCUT2D eigenvalue weighted by Crippen LogP contribution is -2.23. The van der Waals surface area contributed by atoms with Crippen molar-refractivity contribution in [3.05, 3.63) is 64.2 Å². The number of benzene rings is 2. The fourth-order valence-corrected chi connectivity index (χ4v) is 2.85. The van der Waals surface area contributed by atoms with E-state index in [1.54, 1.807) is 17.8 Å². The maximum Gasteiger partial charge on any atom is 0.253 e. The molecule has 0 spiro atoms. The van der Waals surface area contributed by atoms with Crippen LogP contribution in [0.25, 0.3) is 0 Å². The van der Waals surface area contributed by atoms with Crippen molar-refractivity contribution in [1.82, 2.24) is 5.32 Å². The van der Waals surface area contributed by atoms with Gasteiger partial charge in [-0.2, -0.15) is 0 Å². The van der Waals surface area contributed by atoms with Crippen molar-refractivity contribution in [1.29, 1.82) is 0 Å². The summed E-state index contributed by atoms with van der Waals surface area (Å²) in [7, 11) is 0. The predicted molar refractivity (Wildman–Crippen MR) is 93.5 cm³/mol. The first kappa shape index (κ1) is 16.4. The molecule has 0 aliphatic heterocycles. The molecule has 2 nitrogen and oxygen atoms in total. The second kappa shape index (κ2) is 7.87. The van der Waals surface area contributed by atoms with Crippen molar-refractivity contribution < 1.29 is 4.79 Å². The Kier molecular flexibility index (Phi) is 6.15. The average Bonchev–Trinajstić information content (AvgIpc) is 2.53. The summed E-state index contributed by atoms with van der Waals surface area (Å²) in [6, 6.07) is 13.6. The first-order chi connectivity index (χ1) is 10.1. The molecule has 1 amide bonds. The van der Waals surface area contributed by atoms with Crippen molar-refractivity contribution >= 4 is 45.2 Å². The van der Waals surface area contributed by atoms with Gasteiger partial charge in [0.2, 0.25) is 0 Å². The topological polar surface area (TPSA) is 29.1 Å². The number of alkyl halides is 1. The fraction of sp³-hybridized carbons (Fsp3) is 0.188. The third kappa shape index (κ3) is 4.50. The minimum Gasteiger partial charge on any atom is -0.348 e. The van der Waals surface area contributed by atoms with Crippen LogP contribution in [0.2, 0.25) is 5.02 Å². The largest absolute Gasteiger partial charge is 0.348 e. The van der Waals surface area contributed by atoms with E-state index in [4.69, 9.17) is 11.6 Å². The Hall–Kier alpha value is -0.970. The van der Waals surface area contributed by atoms with Crippen LogP contribution in [-0.4, -0.2) is 12.2 Å².